The van der Waals surface area contributed by atoms with Crippen molar-refractivity contribution in [3.63, 3.8) is 0 Å². The molecule has 0 aromatic carbocycles. The largest absolute Gasteiger partial charge is 0.385 e. The Morgan fingerprint density at radius 3 is 1.71 bits per heavy atom. The fourth-order valence-corrected chi connectivity index (χ4v) is 3.73. The molecule has 0 bridgehead atoms. The number of halogens is 1. The first-order valence-electron chi connectivity index (χ1n) is 9.10. The quantitative estimate of drug-likeness (QED) is 0.303. The van der Waals surface area contributed by atoms with Gasteiger partial charge in [0.2, 0.25) is 0 Å². The topological polar surface area (TPSA) is 54.9 Å². The summed E-state index contributed by atoms with van der Waals surface area (Å²) in [7, 11) is 5.44. The van der Waals surface area contributed by atoms with Gasteiger partial charge in [0.1, 0.15) is 0 Å². The van der Waals surface area contributed by atoms with Crippen LogP contribution in [0.15, 0.2) is 4.99 Å². The molecule has 2 rings (SSSR count). The second-order valence-corrected chi connectivity index (χ2v) is 7.47. The van der Waals surface area contributed by atoms with E-state index >= 15 is 0 Å². The summed E-state index contributed by atoms with van der Waals surface area (Å²) in [6, 6.07) is 0. The molecule has 0 radical (unpaired) electrons. The Morgan fingerprint density at radius 1 is 0.875 bits per heavy atom. The van der Waals surface area contributed by atoms with E-state index in [1.54, 1.807) is 14.2 Å². The summed E-state index contributed by atoms with van der Waals surface area (Å²) in [6.07, 6.45) is 10.2. The molecule has 2 aliphatic carbocycles. The zero-order chi connectivity index (χ0) is 16.6. The van der Waals surface area contributed by atoms with Crippen LogP contribution in [-0.4, -0.2) is 53.5 Å². The highest BCUT2D eigenvalue weighted by Crippen LogP contribution is 2.48. The molecule has 2 saturated carbocycles. The van der Waals surface area contributed by atoms with E-state index < -0.39 is 0 Å². The molecule has 2 N–H and O–H groups in total. The van der Waals surface area contributed by atoms with Crippen LogP contribution in [0.25, 0.3) is 0 Å². The van der Waals surface area contributed by atoms with E-state index in [1.165, 1.54) is 38.5 Å². The normalized spacial score (nSPS) is 21.2. The molecule has 0 spiro atoms. The first kappa shape index (κ1) is 22.0. The van der Waals surface area contributed by atoms with Crippen molar-refractivity contribution in [2.45, 2.75) is 51.4 Å². The monoisotopic (exact) mass is 453 g/mol. The van der Waals surface area contributed by atoms with Gasteiger partial charge >= 0.3 is 0 Å². The van der Waals surface area contributed by atoms with Crippen molar-refractivity contribution in [3.8, 4) is 0 Å². The van der Waals surface area contributed by atoms with Crippen molar-refractivity contribution in [2.24, 2.45) is 15.8 Å². The van der Waals surface area contributed by atoms with Crippen molar-refractivity contribution >= 4 is 29.9 Å². The minimum absolute atomic E-state index is 0. The van der Waals surface area contributed by atoms with Gasteiger partial charge in [-0.2, -0.15) is 0 Å². The van der Waals surface area contributed by atoms with Gasteiger partial charge in [-0.15, -0.1) is 24.0 Å². The van der Waals surface area contributed by atoms with Crippen LogP contribution < -0.4 is 10.6 Å². The molecule has 5 nitrogen and oxygen atoms in total. The van der Waals surface area contributed by atoms with Gasteiger partial charge in [0.05, 0.1) is 0 Å². The first-order valence-corrected chi connectivity index (χ1v) is 9.10. The summed E-state index contributed by atoms with van der Waals surface area (Å²) in [6.45, 7) is 3.71. The van der Waals surface area contributed by atoms with Crippen molar-refractivity contribution < 1.29 is 9.47 Å². The zero-order valence-electron chi connectivity index (χ0n) is 15.7. The van der Waals surface area contributed by atoms with E-state index in [9.17, 15) is 0 Å². The lowest BCUT2D eigenvalue weighted by atomic mass is 9.83. The average Bonchev–Trinajstić information content (AvgIpc) is 3.20. The highest BCUT2D eigenvalue weighted by molar-refractivity contribution is 14.0. The lowest BCUT2D eigenvalue weighted by Gasteiger charge is -2.30. The standard InChI is InChI=1S/C18H35N3O2.HI/c1-19-16(21-15-18(8-9-18)11-13-23-3)20-14-17(10-12-22-2)6-4-5-7-17;/h4-15H2,1-3H3,(H2,19,20,21);1H. The van der Waals surface area contributed by atoms with Crippen LogP contribution in [0.2, 0.25) is 0 Å². The molecule has 0 unspecified atom stereocenters. The highest BCUT2D eigenvalue weighted by Gasteiger charge is 2.42. The van der Waals surface area contributed by atoms with Gasteiger partial charge in [0, 0.05) is 47.6 Å². The number of methoxy groups -OCH3 is 2. The predicted octanol–water partition coefficient (Wildman–Crippen LogP) is 3.18. The van der Waals surface area contributed by atoms with Gasteiger partial charge < -0.3 is 20.1 Å². The molecule has 0 aromatic rings. The van der Waals surface area contributed by atoms with Gasteiger partial charge in [0.15, 0.2) is 5.96 Å². The Kier molecular flexibility index (Phi) is 9.89. The fourth-order valence-electron chi connectivity index (χ4n) is 3.73. The van der Waals surface area contributed by atoms with Crippen molar-refractivity contribution in [1.82, 2.24) is 10.6 Å². The molecule has 6 heteroatoms. The maximum Gasteiger partial charge on any atom is 0.191 e. The number of hydrogen-bond donors (Lipinski definition) is 2. The molecule has 0 atom stereocenters. The number of nitrogens with one attached hydrogen (secondary N) is 2. The van der Waals surface area contributed by atoms with E-state index in [0.717, 1.165) is 45.1 Å². The molecule has 0 heterocycles. The second kappa shape index (κ2) is 10.8. The Hall–Kier alpha value is -0.0800. The summed E-state index contributed by atoms with van der Waals surface area (Å²) >= 11 is 0. The van der Waals surface area contributed by atoms with Crippen molar-refractivity contribution in [2.75, 3.05) is 47.6 Å². The van der Waals surface area contributed by atoms with Crippen molar-refractivity contribution in [3.05, 3.63) is 0 Å². The lowest BCUT2D eigenvalue weighted by molar-refractivity contribution is 0.138. The molecule has 0 saturated heterocycles. The summed E-state index contributed by atoms with van der Waals surface area (Å²) in [5, 5.41) is 7.10. The van der Waals surface area contributed by atoms with Crippen molar-refractivity contribution in [1.29, 1.82) is 0 Å². The van der Waals surface area contributed by atoms with Crippen LogP contribution in [-0.2, 0) is 9.47 Å². The third-order valence-corrected chi connectivity index (χ3v) is 5.78. The molecule has 2 fully saturated rings. The number of rotatable bonds is 10. The molecule has 0 amide bonds. The van der Waals surface area contributed by atoms with Crippen LogP contribution in [0.5, 0.6) is 0 Å². The van der Waals surface area contributed by atoms with Crippen LogP contribution in [0, 0.1) is 10.8 Å². The Balaban J connectivity index is 0.00000288. The molecule has 0 aliphatic heterocycles. The molecule has 142 valence electrons. The van der Waals surface area contributed by atoms with E-state index in [1.807, 2.05) is 7.05 Å². The van der Waals surface area contributed by atoms with E-state index in [2.05, 4.69) is 15.6 Å². The van der Waals surface area contributed by atoms with Gasteiger partial charge in [0.25, 0.3) is 0 Å². The number of hydrogen-bond acceptors (Lipinski definition) is 3. The maximum atomic E-state index is 5.31. The first-order chi connectivity index (χ1) is 11.2. The van der Waals surface area contributed by atoms with Crippen LogP contribution in [0.1, 0.15) is 51.4 Å². The zero-order valence-corrected chi connectivity index (χ0v) is 18.0. The minimum atomic E-state index is 0. The minimum Gasteiger partial charge on any atom is -0.385 e. The Labute approximate surface area is 164 Å². The summed E-state index contributed by atoms with van der Waals surface area (Å²) in [4.78, 5) is 4.40. The highest BCUT2D eigenvalue weighted by atomic mass is 127. The summed E-state index contributed by atoms with van der Waals surface area (Å²) in [5.74, 6) is 0.942. The Bertz CT molecular complexity index is 380. The number of nitrogens with zero attached hydrogens (tertiary/aromatic N) is 1. The number of ether oxygens (including phenoxy) is 2. The average molecular weight is 453 g/mol. The summed E-state index contributed by atoms with van der Waals surface area (Å²) < 4.78 is 10.5. The predicted molar refractivity (Wildman–Crippen MR) is 110 cm³/mol. The lowest BCUT2D eigenvalue weighted by Crippen LogP contribution is -2.45. The van der Waals surface area contributed by atoms with E-state index in [-0.39, 0.29) is 24.0 Å². The SMILES string of the molecule is CN=C(NCC1(CCOC)CCCC1)NCC1(CCOC)CC1.I. The molecule has 2 aliphatic rings. The van der Waals surface area contributed by atoms with Gasteiger partial charge in [-0.3, -0.25) is 4.99 Å². The smallest absolute Gasteiger partial charge is 0.191 e. The van der Waals surface area contributed by atoms with Crippen LogP contribution >= 0.6 is 24.0 Å². The number of aliphatic imine (C=N–C) groups is 1. The fraction of sp³-hybridized carbons (Fsp3) is 0.944. The van der Waals surface area contributed by atoms with Gasteiger partial charge in [-0.1, -0.05) is 12.8 Å². The third-order valence-electron chi connectivity index (χ3n) is 5.78. The van der Waals surface area contributed by atoms with Crippen LogP contribution in [0.3, 0.4) is 0 Å². The Morgan fingerprint density at radius 2 is 1.33 bits per heavy atom. The maximum absolute atomic E-state index is 5.31. The number of guanidine groups is 1. The van der Waals surface area contributed by atoms with Gasteiger partial charge in [-0.25, -0.2) is 0 Å². The molecule has 24 heavy (non-hydrogen) atoms. The second-order valence-electron chi connectivity index (χ2n) is 7.47. The van der Waals surface area contributed by atoms with Gasteiger partial charge in [-0.05, 0) is 49.4 Å². The van der Waals surface area contributed by atoms with E-state index in [0.29, 0.717) is 10.8 Å². The van der Waals surface area contributed by atoms with E-state index in [4.69, 9.17) is 9.47 Å². The third kappa shape index (κ3) is 6.67. The van der Waals surface area contributed by atoms with Crippen LogP contribution in [0.4, 0.5) is 0 Å². The molecular formula is C18H36IN3O2. The molecular weight excluding hydrogens is 417 g/mol. The summed E-state index contributed by atoms with van der Waals surface area (Å²) in [5.41, 5.74) is 0.829. The molecule has 0 aromatic heterocycles.